The van der Waals surface area contributed by atoms with Crippen molar-refractivity contribution in [3.63, 3.8) is 0 Å². The van der Waals surface area contributed by atoms with Crippen molar-refractivity contribution in [1.82, 2.24) is 4.98 Å². The quantitative estimate of drug-likeness (QED) is 0.939. The Morgan fingerprint density at radius 3 is 2.20 bits per heavy atom. The molecule has 0 bridgehead atoms. The van der Waals surface area contributed by atoms with Crippen LogP contribution in [0.4, 0.5) is 5.69 Å². The summed E-state index contributed by atoms with van der Waals surface area (Å²) in [6, 6.07) is 10.5. The molecule has 0 atom stereocenters. The number of benzene rings is 1. The number of anilines is 1. The van der Waals surface area contributed by atoms with Crippen molar-refractivity contribution >= 4 is 15.7 Å². The molecule has 0 aliphatic carbocycles. The maximum absolute atomic E-state index is 12.2. The third kappa shape index (κ3) is 3.36. The highest BCUT2D eigenvalue weighted by atomic mass is 32.2. The summed E-state index contributed by atoms with van der Waals surface area (Å²) in [6.45, 7) is 6.02. The van der Waals surface area contributed by atoms with Crippen LogP contribution in [-0.4, -0.2) is 13.4 Å². The molecule has 0 radical (unpaired) electrons. The fraction of sp³-hybridized carbons (Fsp3) is 0.267. The summed E-state index contributed by atoms with van der Waals surface area (Å²) in [5.41, 5.74) is 2.62. The zero-order valence-corrected chi connectivity index (χ0v) is 12.6. The normalized spacial score (nSPS) is 11.6. The molecule has 0 fully saturated rings. The number of aromatic nitrogens is 1. The molecule has 0 spiro atoms. The molecular weight excluding hydrogens is 272 g/mol. The van der Waals surface area contributed by atoms with Gasteiger partial charge in [-0.05, 0) is 36.6 Å². The van der Waals surface area contributed by atoms with Gasteiger partial charge >= 0.3 is 0 Å². The van der Waals surface area contributed by atoms with E-state index in [1.165, 1.54) is 6.07 Å². The van der Waals surface area contributed by atoms with Gasteiger partial charge in [-0.3, -0.25) is 4.72 Å². The lowest BCUT2D eigenvalue weighted by Gasteiger charge is -2.09. The zero-order valence-electron chi connectivity index (χ0n) is 11.8. The lowest BCUT2D eigenvalue weighted by atomic mass is 10.1. The summed E-state index contributed by atoms with van der Waals surface area (Å²) in [6.07, 6.45) is 1.61. The molecule has 1 N–H and O–H groups in total. The Labute approximate surface area is 119 Å². The van der Waals surface area contributed by atoms with Gasteiger partial charge in [-0.1, -0.05) is 37.6 Å². The first kappa shape index (κ1) is 14.5. The van der Waals surface area contributed by atoms with Crippen molar-refractivity contribution in [3.05, 3.63) is 53.7 Å². The number of sulfonamides is 1. The van der Waals surface area contributed by atoms with E-state index in [1.807, 2.05) is 32.9 Å². The Hall–Kier alpha value is -1.88. The molecule has 2 aromatic rings. The van der Waals surface area contributed by atoms with Gasteiger partial charge in [-0.2, -0.15) is 8.42 Å². The van der Waals surface area contributed by atoms with E-state index < -0.39 is 10.0 Å². The van der Waals surface area contributed by atoms with Crippen LogP contribution in [0.2, 0.25) is 0 Å². The van der Waals surface area contributed by atoms with Gasteiger partial charge in [0.05, 0.1) is 0 Å². The molecule has 0 saturated heterocycles. The Kier molecular flexibility index (Phi) is 4.09. The fourth-order valence-electron chi connectivity index (χ4n) is 1.72. The van der Waals surface area contributed by atoms with Crippen LogP contribution in [0.5, 0.6) is 0 Å². The highest BCUT2D eigenvalue weighted by molar-refractivity contribution is 7.92. The number of nitrogens with one attached hydrogen (secondary N) is 1. The summed E-state index contributed by atoms with van der Waals surface area (Å²) >= 11 is 0. The molecule has 1 aromatic carbocycles. The van der Waals surface area contributed by atoms with Gasteiger partial charge < -0.3 is 0 Å². The van der Waals surface area contributed by atoms with Gasteiger partial charge in [0.15, 0.2) is 5.03 Å². The number of nitrogens with zero attached hydrogens (tertiary/aromatic N) is 1. The molecule has 106 valence electrons. The zero-order chi connectivity index (χ0) is 14.8. The molecular formula is C15H18N2O2S. The molecule has 0 aliphatic rings. The van der Waals surface area contributed by atoms with E-state index in [1.54, 1.807) is 24.4 Å². The third-order valence-corrected chi connectivity index (χ3v) is 4.30. The Bertz CT molecular complexity index is 675. The first-order valence-electron chi connectivity index (χ1n) is 6.44. The maximum atomic E-state index is 12.2. The van der Waals surface area contributed by atoms with E-state index in [0.717, 1.165) is 11.1 Å². The summed E-state index contributed by atoms with van der Waals surface area (Å²) in [5.74, 6) is 0.323. The standard InChI is InChI=1S/C15H18N2O2S/c1-11(2)13-6-9-15(16-10-13)20(18,19)17-14-7-4-12(3)5-8-14/h4-11,17H,1-3H3. The molecule has 0 saturated carbocycles. The summed E-state index contributed by atoms with van der Waals surface area (Å²) in [7, 11) is -3.63. The van der Waals surface area contributed by atoms with E-state index >= 15 is 0 Å². The topological polar surface area (TPSA) is 59.1 Å². The van der Waals surface area contributed by atoms with Gasteiger partial charge in [0.25, 0.3) is 10.0 Å². The van der Waals surface area contributed by atoms with E-state index in [2.05, 4.69) is 9.71 Å². The van der Waals surface area contributed by atoms with Crippen LogP contribution in [0, 0.1) is 6.92 Å². The second-order valence-corrected chi connectivity index (χ2v) is 6.69. The molecule has 0 unspecified atom stereocenters. The Morgan fingerprint density at radius 2 is 1.70 bits per heavy atom. The number of rotatable bonds is 4. The van der Waals surface area contributed by atoms with Gasteiger partial charge in [-0.25, -0.2) is 4.98 Å². The smallest absolute Gasteiger partial charge is 0.278 e. The largest absolute Gasteiger partial charge is 0.279 e. The van der Waals surface area contributed by atoms with Crippen LogP contribution in [-0.2, 0) is 10.0 Å². The van der Waals surface area contributed by atoms with Gasteiger partial charge in [0.2, 0.25) is 0 Å². The predicted octanol–water partition coefficient (Wildman–Crippen LogP) is 3.31. The van der Waals surface area contributed by atoms with Crippen LogP contribution in [0.1, 0.15) is 30.9 Å². The van der Waals surface area contributed by atoms with Crippen molar-refractivity contribution in [2.75, 3.05) is 4.72 Å². The monoisotopic (exact) mass is 290 g/mol. The minimum Gasteiger partial charge on any atom is -0.278 e. The van der Waals surface area contributed by atoms with Crippen molar-refractivity contribution in [3.8, 4) is 0 Å². The number of pyridine rings is 1. The van der Waals surface area contributed by atoms with E-state index in [-0.39, 0.29) is 5.03 Å². The molecule has 5 heteroatoms. The molecule has 2 rings (SSSR count). The van der Waals surface area contributed by atoms with Crippen LogP contribution in [0.3, 0.4) is 0 Å². The summed E-state index contributed by atoms with van der Waals surface area (Å²) in [4.78, 5) is 4.03. The van der Waals surface area contributed by atoms with E-state index in [9.17, 15) is 8.42 Å². The second kappa shape index (κ2) is 5.63. The molecule has 1 heterocycles. The van der Waals surface area contributed by atoms with Gasteiger partial charge in [0, 0.05) is 11.9 Å². The first-order chi connectivity index (χ1) is 9.38. The Balaban J connectivity index is 2.23. The van der Waals surface area contributed by atoms with Crippen molar-refractivity contribution in [2.45, 2.75) is 31.7 Å². The molecule has 0 aliphatic heterocycles. The highest BCUT2D eigenvalue weighted by Gasteiger charge is 2.16. The van der Waals surface area contributed by atoms with Crippen LogP contribution < -0.4 is 4.72 Å². The van der Waals surface area contributed by atoms with Crippen LogP contribution in [0.25, 0.3) is 0 Å². The van der Waals surface area contributed by atoms with Crippen LogP contribution in [0.15, 0.2) is 47.6 Å². The lowest BCUT2D eigenvalue weighted by molar-refractivity contribution is 0.597. The van der Waals surface area contributed by atoms with Gasteiger partial charge in [0.1, 0.15) is 0 Å². The average molecular weight is 290 g/mol. The molecule has 4 nitrogen and oxygen atoms in total. The molecule has 1 aromatic heterocycles. The first-order valence-corrected chi connectivity index (χ1v) is 7.92. The number of hydrogen-bond acceptors (Lipinski definition) is 3. The fourth-order valence-corrected chi connectivity index (χ4v) is 2.71. The number of aryl methyl sites for hydroxylation is 1. The molecule has 20 heavy (non-hydrogen) atoms. The SMILES string of the molecule is Cc1ccc(NS(=O)(=O)c2ccc(C(C)C)cn2)cc1. The van der Waals surface area contributed by atoms with E-state index in [0.29, 0.717) is 11.6 Å². The van der Waals surface area contributed by atoms with E-state index in [4.69, 9.17) is 0 Å². The Morgan fingerprint density at radius 1 is 1.05 bits per heavy atom. The minimum atomic E-state index is -3.63. The minimum absolute atomic E-state index is 0.0301. The van der Waals surface area contributed by atoms with Crippen molar-refractivity contribution < 1.29 is 8.42 Å². The maximum Gasteiger partial charge on any atom is 0.279 e. The van der Waals surface area contributed by atoms with Crippen molar-refractivity contribution in [2.24, 2.45) is 0 Å². The average Bonchev–Trinajstić information content (AvgIpc) is 2.41. The molecule has 0 amide bonds. The number of hydrogen-bond donors (Lipinski definition) is 1. The highest BCUT2D eigenvalue weighted by Crippen LogP contribution is 2.17. The predicted molar refractivity (Wildman–Crippen MR) is 80.3 cm³/mol. The van der Waals surface area contributed by atoms with Crippen LogP contribution >= 0.6 is 0 Å². The summed E-state index contributed by atoms with van der Waals surface area (Å²) in [5, 5.41) is 0.0301. The van der Waals surface area contributed by atoms with Crippen molar-refractivity contribution in [1.29, 1.82) is 0 Å². The third-order valence-electron chi connectivity index (χ3n) is 3.01. The lowest BCUT2D eigenvalue weighted by Crippen LogP contribution is -2.14. The second-order valence-electron chi connectivity index (χ2n) is 5.06. The van der Waals surface area contributed by atoms with Gasteiger partial charge in [-0.15, -0.1) is 0 Å². The summed E-state index contributed by atoms with van der Waals surface area (Å²) < 4.78 is 26.9.